The number of carbonyl (C=O) groups is 1. The third kappa shape index (κ3) is 5.50. The zero-order chi connectivity index (χ0) is 7.98. The lowest BCUT2D eigenvalue weighted by molar-refractivity contribution is -0.480. The van der Waals surface area contributed by atoms with Crippen molar-refractivity contribution in [3.63, 3.8) is 0 Å². The molecule has 0 saturated heterocycles. The molecule has 0 heterocycles. The summed E-state index contributed by atoms with van der Waals surface area (Å²) in [5.74, 6) is -0.180. The van der Waals surface area contributed by atoms with Crippen LogP contribution in [0, 0.1) is 10.1 Å². The Bertz CT molecular complexity index is 137. The van der Waals surface area contributed by atoms with Crippen LogP contribution in [0.4, 0.5) is 0 Å². The zero-order valence-corrected chi connectivity index (χ0v) is 6.13. The predicted molar refractivity (Wildman–Crippen MR) is 36.8 cm³/mol. The molecule has 0 radical (unpaired) electrons. The fourth-order valence-electron chi connectivity index (χ4n) is 0.472. The SMILES string of the molecule is O=C(CCl)CCC[N+](=O)[O-]. The van der Waals surface area contributed by atoms with E-state index in [0.29, 0.717) is 6.42 Å². The van der Waals surface area contributed by atoms with Crippen LogP contribution in [-0.2, 0) is 4.79 Å². The summed E-state index contributed by atoms with van der Waals surface area (Å²) in [6.07, 6.45) is 0.503. The number of halogens is 1. The molecule has 0 bridgehead atoms. The number of hydrogen-bond acceptors (Lipinski definition) is 3. The first-order chi connectivity index (χ1) is 4.66. The highest BCUT2D eigenvalue weighted by molar-refractivity contribution is 6.27. The smallest absolute Gasteiger partial charge is 0.204 e. The maximum Gasteiger partial charge on any atom is 0.204 e. The van der Waals surface area contributed by atoms with Crippen molar-refractivity contribution in [2.45, 2.75) is 12.8 Å². The van der Waals surface area contributed by atoms with Crippen LogP contribution >= 0.6 is 11.6 Å². The van der Waals surface area contributed by atoms with Gasteiger partial charge in [0.1, 0.15) is 5.78 Å². The van der Waals surface area contributed by atoms with Gasteiger partial charge >= 0.3 is 0 Å². The van der Waals surface area contributed by atoms with Crippen LogP contribution in [0.5, 0.6) is 0 Å². The Balaban J connectivity index is 3.20. The Morgan fingerprint density at radius 1 is 1.60 bits per heavy atom. The lowest BCUT2D eigenvalue weighted by atomic mass is 10.2. The van der Waals surface area contributed by atoms with Crippen LogP contribution in [-0.4, -0.2) is 23.1 Å². The third-order valence-corrected chi connectivity index (χ3v) is 1.24. The molecule has 0 aliphatic carbocycles. The van der Waals surface area contributed by atoms with Crippen molar-refractivity contribution in [2.75, 3.05) is 12.4 Å². The number of alkyl halides is 1. The van der Waals surface area contributed by atoms with Crippen molar-refractivity contribution >= 4 is 17.4 Å². The Morgan fingerprint density at radius 3 is 2.60 bits per heavy atom. The molecule has 0 unspecified atom stereocenters. The topological polar surface area (TPSA) is 60.2 Å². The highest BCUT2D eigenvalue weighted by Gasteiger charge is 2.02. The highest BCUT2D eigenvalue weighted by atomic mass is 35.5. The lowest BCUT2D eigenvalue weighted by Gasteiger charge is -1.91. The van der Waals surface area contributed by atoms with E-state index < -0.39 is 4.92 Å². The molecule has 0 fully saturated rings. The molecule has 0 aromatic rings. The molecular weight excluding hydrogens is 158 g/mol. The van der Waals surface area contributed by atoms with E-state index in [1.165, 1.54) is 0 Å². The third-order valence-electron chi connectivity index (χ3n) is 0.945. The monoisotopic (exact) mass is 165 g/mol. The standard InChI is InChI=1S/C5H8ClNO3/c6-4-5(8)2-1-3-7(9)10/h1-4H2. The molecule has 0 aromatic carbocycles. The number of ketones is 1. The van der Waals surface area contributed by atoms with Crippen LogP contribution in [0.1, 0.15) is 12.8 Å². The van der Waals surface area contributed by atoms with E-state index in [-0.39, 0.29) is 24.6 Å². The second-order valence-corrected chi connectivity index (χ2v) is 2.10. The van der Waals surface area contributed by atoms with Crippen molar-refractivity contribution < 1.29 is 9.72 Å². The fraction of sp³-hybridized carbons (Fsp3) is 0.800. The molecule has 0 rings (SSSR count). The van der Waals surface area contributed by atoms with E-state index in [1.54, 1.807) is 0 Å². The summed E-state index contributed by atoms with van der Waals surface area (Å²) in [7, 11) is 0. The van der Waals surface area contributed by atoms with Crippen LogP contribution in [0.25, 0.3) is 0 Å². The first-order valence-corrected chi connectivity index (χ1v) is 3.39. The molecule has 5 heteroatoms. The van der Waals surface area contributed by atoms with Crippen molar-refractivity contribution in [2.24, 2.45) is 0 Å². The molecule has 0 amide bonds. The van der Waals surface area contributed by atoms with Gasteiger partial charge in [-0.3, -0.25) is 14.9 Å². The summed E-state index contributed by atoms with van der Waals surface area (Å²) >= 11 is 5.15. The molecule has 4 nitrogen and oxygen atoms in total. The zero-order valence-electron chi connectivity index (χ0n) is 5.38. The largest absolute Gasteiger partial charge is 0.298 e. The van der Waals surface area contributed by atoms with Gasteiger partial charge in [0.2, 0.25) is 6.54 Å². The van der Waals surface area contributed by atoms with Gasteiger partial charge in [0.15, 0.2) is 0 Å². The van der Waals surface area contributed by atoms with Gasteiger partial charge in [0, 0.05) is 17.8 Å². The Hall–Kier alpha value is -0.640. The summed E-state index contributed by atoms with van der Waals surface area (Å²) in [5.41, 5.74) is 0. The van der Waals surface area contributed by atoms with Gasteiger partial charge in [-0.1, -0.05) is 0 Å². The minimum absolute atomic E-state index is 0.0439. The summed E-state index contributed by atoms with van der Waals surface area (Å²) in [5, 5.41) is 9.73. The Morgan fingerprint density at radius 2 is 2.20 bits per heavy atom. The van der Waals surface area contributed by atoms with Gasteiger partial charge in [-0.15, -0.1) is 11.6 Å². The number of carbonyl (C=O) groups excluding carboxylic acids is 1. The normalized spacial score (nSPS) is 9.30. The van der Waals surface area contributed by atoms with Gasteiger partial charge in [0.05, 0.1) is 5.88 Å². The number of Topliss-reactive ketones (excluding diaryl/α,β-unsaturated/α-hetero) is 1. The molecule has 10 heavy (non-hydrogen) atoms. The summed E-state index contributed by atoms with van der Waals surface area (Å²) in [6, 6.07) is 0. The minimum atomic E-state index is -0.443. The fourth-order valence-corrected chi connectivity index (χ4v) is 0.606. The highest BCUT2D eigenvalue weighted by Crippen LogP contribution is 1.92. The first-order valence-electron chi connectivity index (χ1n) is 2.86. The van der Waals surface area contributed by atoms with E-state index in [2.05, 4.69) is 0 Å². The molecule has 0 spiro atoms. The average molecular weight is 166 g/mol. The molecule has 0 aromatic heterocycles. The lowest BCUT2D eigenvalue weighted by Crippen LogP contribution is -2.05. The van der Waals surface area contributed by atoms with Crippen LogP contribution < -0.4 is 0 Å². The molecule has 0 N–H and O–H groups in total. The second kappa shape index (κ2) is 5.17. The number of nitro groups is 1. The van der Waals surface area contributed by atoms with Crippen LogP contribution in [0.15, 0.2) is 0 Å². The number of rotatable bonds is 5. The van der Waals surface area contributed by atoms with E-state index >= 15 is 0 Å². The summed E-state index contributed by atoms with van der Waals surface area (Å²) in [4.78, 5) is 19.7. The van der Waals surface area contributed by atoms with Crippen molar-refractivity contribution in [3.8, 4) is 0 Å². The van der Waals surface area contributed by atoms with Gasteiger partial charge in [0.25, 0.3) is 0 Å². The second-order valence-electron chi connectivity index (χ2n) is 1.83. The Kier molecular flexibility index (Phi) is 4.84. The van der Waals surface area contributed by atoms with Gasteiger partial charge in [-0.05, 0) is 0 Å². The van der Waals surface area contributed by atoms with Crippen LogP contribution in [0.2, 0.25) is 0 Å². The van der Waals surface area contributed by atoms with Gasteiger partial charge in [-0.25, -0.2) is 0 Å². The first kappa shape index (κ1) is 9.36. The van der Waals surface area contributed by atoms with Crippen molar-refractivity contribution in [3.05, 3.63) is 10.1 Å². The van der Waals surface area contributed by atoms with Crippen molar-refractivity contribution in [1.29, 1.82) is 0 Å². The van der Waals surface area contributed by atoms with E-state index in [9.17, 15) is 14.9 Å². The minimum Gasteiger partial charge on any atom is -0.298 e. The molecule has 0 saturated carbocycles. The summed E-state index contributed by atoms with van der Waals surface area (Å²) in [6.45, 7) is -0.150. The predicted octanol–water partition coefficient (Wildman–Crippen LogP) is 0.851. The van der Waals surface area contributed by atoms with E-state index in [1.807, 2.05) is 0 Å². The summed E-state index contributed by atoms with van der Waals surface area (Å²) < 4.78 is 0. The maximum absolute atomic E-state index is 10.4. The molecule has 0 atom stereocenters. The van der Waals surface area contributed by atoms with Gasteiger partial charge < -0.3 is 0 Å². The molecule has 58 valence electrons. The van der Waals surface area contributed by atoms with Gasteiger partial charge in [-0.2, -0.15) is 0 Å². The van der Waals surface area contributed by atoms with E-state index in [4.69, 9.17) is 11.6 Å². The Labute approximate surface area is 63.3 Å². The molecular formula is C5H8ClNO3. The number of hydrogen-bond donors (Lipinski definition) is 0. The maximum atomic E-state index is 10.4. The number of nitrogens with zero attached hydrogens (tertiary/aromatic N) is 1. The molecule has 0 aliphatic rings. The van der Waals surface area contributed by atoms with Crippen molar-refractivity contribution in [1.82, 2.24) is 0 Å². The van der Waals surface area contributed by atoms with E-state index in [0.717, 1.165) is 0 Å². The average Bonchev–Trinajstić information content (AvgIpc) is 1.87. The molecule has 0 aliphatic heterocycles. The quantitative estimate of drug-likeness (QED) is 0.345. The van der Waals surface area contributed by atoms with Crippen LogP contribution in [0.3, 0.4) is 0 Å².